The molecule has 0 bridgehead atoms. The quantitative estimate of drug-likeness (QED) is 0.475. The zero-order valence-electron chi connectivity index (χ0n) is 19.2. The monoisotopic (exact) mass is 493 g/mol. The number of aryl methyl sites for hydroxylation is 1. The lowest BCUT2D eigenvalue weighted by atomic mass is 10.2. The lowest BCUT2D eigenvalue weighted by Gasteiger charge is -2.18. The van der Waals surface area contributed by atoms with Gasteiger partial charge in [0.05, 0.1) is 22.2 Å². The first-order valence-electron chi connectivity index (χ1n) is 11.2. The number of benzene rings is 2. The van der Waals surface area contributed by atoms with Crippen LogP contribution in [0, 0.1) is 6.92 Å². The summed E-state index contributed by atoms with van der Waals surface area (Å²) in [7, 11) is -1.62. The fourth-order valence-corrected chi connectivity index (χ4v) is 5.40. The van der Waals surface area contributed by atoms with Crippen LogP contribution >= 0.6 is 11.6 Å². The fraction of sp³-hybridized carbons (Fsp3) is 0.458. The molecule has 7 nitrogen and oxygen atoms in total. The molecule has 0 spiro atoms. The summed E-state index contributed by atoms with van der Waals surface area (Å²) >= 11 is 6.21. The Morgan fingerprint density at radius 1 is 1.15 bits per heavy atom. The van der Waals surface area contributed by atoms with E-state index in [9.17, 15) is 13.2 Å². The predicted octanol–water partition coefficient (Wildman–Crippen LogP) is 4.16. The van der Waals surface area contributed by atoms with Crippen LogP contribution in [-0.2, 0) is 14.8 Å². The molecule has 0 radical (unpaired) electrons. The number of carbonyl (C=O) groups is 1. The van der Waals surface area contributed by atoms with Crippen LogP contribution in [-0.4, -0.2) is 63.4 Å². The number of anilines is 1. The average molecular weight is 494 g/mol. The first-order chi connectivity index (χ1) is 15.8. The minimum atomic E-state index is -3.57. The Bertz CT molecular complexity index is 1060. The molecule has 33 heavy (non-hydrogen) atoms. The van der Waals surface area contributed by atoms with E-state index in [4.69, 9.17) is 16.3 Å². The van der Waals surface area contributed by atoms with Crippen molar-refractivity contribution in [2.75, 3.05) is 45.2 Å². The van der Waals surface area contributed by atoms with Crippen LogP contribution in [0.1, 0.15) is 31.2 Å². The SMILES string of the molecule is Cc1ccccc1OCCCN(C)CCC(=O)Nc1cc(S(=O)(=O)N2CCCC2)ccc1Cl. The molecule has 2 aromatic carbocycles. The van der Waals surface area contributed by atoms with E-state index in [1.54, 1.807) is 0 Å². The number of para-hydroxylation sites is 1. The number of hydrogen-bond acceptors (Lipinski definition) is 5. The minimum Gasteiger partial charge on any atom is -0.493 e. The highest BCUT2D eigenvalue weighted by Gasteiger charge is 2.27. The average Bonchev–Trinajstić information content (AvgIpc) is 3.34. The zero-order chi connectivity index (χ0) is 23.8. The lowest BCUT2D eigenvalue weighted by Crippen LogP contribution is -2.28. The summed E-state index contributed by atoms with van der Waals surface area (Å²) in [5, 5.41) is 3.07. The second-order valence-corrected chi connectivity index (χ2v) is 10.7. The molecule has 1 fully saturated rings. The lowest BCUT2D eigenvalue weighted by molar-refractivity contribution is -0.116. The van der Waals surface area contributed by atoms with Crippen LogP contribution in [0.15, 0.2) is 47.4 Å². The first kappa shape index (κ1) is 25.5. The van der Waals surface area contributed by atoms with E-state index >= 15 is 0 Å². The van der Waals surface area contributed by atoms with Gasteiger partial charge in [0, 0.05) is 32.6 Å². The Kier molecular flexibility index (Phi) is 9.14. The van der Waals surface area contributed by atoms with Crippen molar-refractivity contribution in [2.24, 2.45) is 0 Å². The summed E-state index contributed by atoms with van der Waals surface area (Å²) in [6.07, 6.45) is 2.84. The fourth-order valence-electron chi connectivity index (χ4n) is 3.69. The smallest absolute Gasteiger partial charge is 0.243 e. The van der Waals surface area contributed by atoms with E-state index in [0.29, 0.717) is 37.0 Å². The third kappa shape index (κ3) is 7.17. The highest BCUT2D eigenvalue weighted by molar-refractivity contribution is 7.89. The number of rotatable bonds is 11. The number of sulfonamides is 1. The van der Waals surface area contributed by atoms with Crippen molar-refractivity contribution in [3.63, 3.8) is 0 Å². The molecule has 3 rings (SSSR count). The molecule has 1 amide bonds. The van der Waals surface area contributed by atoms with Crippen molar-refractivity contribution in [1.29, 1.82) is 0 Å². The molecule has 1 heterocycles. The van der Waals surface area contributed by atoms with E-state index in [0.717, 1.165) is 37.1 Å². The Morgan fingerprint density at radius 3 is 2.61 bits per heavy atom. The number of nitrogens with one attached hydrogen (secondary N) is 1. The summed E-state index contributed by atoms with van der Waals surface area (Å²) in [6.45, 7) is 5.03. The van der Waals surface area contributed by atoms with Gasteiger partial charge in [0.25, 0.3) is 0 Å². The highest BCUT2D eigenvalue weighted by Crippen LogP contribution is 2.28. The summed E-state index contributed by atoms with van der Waals surface area (Å²) in [6, 6.07) is 12.4. The van der Waals surface area contributed by atoms with E-state index in [1.807, 2.05) is 38.2 Å². The molecule has 0 saturated carbocycles. The summed E-state index contributed by atoms with van der Waals surface area (Å²) in [5.74, 6) is 0.681. The number of carbonyl (C=O) groups excluding carboxylic acids is 1. The summed E-state index contributed by atoms with van der Waals surface area (Å²) < 4.78 is 32.9. The molecule has 1 saturated heterocycles. The van der Waals surface area contributed by atoms with Crippen molar-refractivity contribution >= 4 is 33.2 Å². The number of ether oxygens (including phenoxy) is 1. The van der Waals surface area contributed by atoms with Gasteiger partial charge in [-0.05, 0) is 63.1 Å². The van der Waals surface area contributed by atoms with Gasteiger partial charge in [-0.2, -0.15) is 4.31 Å². The van der Waals surface area contributed by atoms with E-state index < -0.39 is 10.0 Å². The number of hydrogen-bond donors (Lipinski definition) is 1. The first-order valence-corrected chi connectivity index (χ1v) is 13.1. The normalized spacial score (nSPS) is 14.5. The third-order valence-electron chi connectivity index (χ3n) is 5.67. The van der Waals surface area contributed by atoms with Gasteiger partial charge in [0.15, 0.2) is 0 Å². The van der Waals surface area contributed by atoms with E-state index in [1.165, 1.54) is 22.5 Å². The Morgan fingerprint density at radius 2 is 1.88 bits per heavy atom. The standard InChI is InChI=1S/C24H32ClN3O4S/c1-19-8-3-4-9-23(19)32-17-7-13-27(2)16-12-24(29)26-22-18-20(10-11-21(22)25)33(30,31)28-14-5-6-15-28/h3-4,8-11,18H,5-7,12-17H2,1-2H3,(H,26,29). The molecule has 2 aromatic rings. The molecule has 180 valence electrons. The third-order valence-corrected chi connectivity index (χ3v) is 7.89. The molecule has 0 atom stereocenters. The summed E-state index contributed by atoms with van der Waals surface area (Å²) in [5.41, 5.74) is 1.43. The van der Waals surface area contributed by atoms with Crippen molar-refractivity contribution in [1.82, 2.24) is 9.21 Å². The second-order valence-electron chi connectivity index (χ2n) is 8.32. The van der Waals surface area contributed by atoms with Gasteiger partial charge in [-0.15, -0.1) is 0 Å². The van der Waals surface area contributed by atoms with Gasteiger partial charge in [-0.1, -0.05) is 29.8 Å². The maximum Gasteiger partial charge on any atom is 0.243 e. The van der Waals surface area contributed by atoms with Crippen molar-refractivity contribution in [3.05, 3.63) is 53.1 Å². The van der Waals surface area contributed by atoms with Crippen LogP contribution < -0.4 is 10.1 Å². The largest absolute Gasteiger partial charge is 0.493 e. The maximum atomic E-state index is 12.8. The molecule has 9 heteroatoms. The Labute approximate surface area is 201 Å². The Balaban J connectivity index is 1.45. The molecule has 0 aromatic heterocycles. The van der Waals surface area contributed by atoms with Crippen molar-refractivity contribution in [2.45, 2.75) is 37.5 Å². The van der Waals surface area contributed by atoms with Crippen LogP contribution in [0.2, 0.25) is 5.02 Å². The topological polar surface area (TPSA) is 79.0 Å². The second kappa shape index (κ2) is 11.8. The van der Waals surface area contributed by atoms with Crippen LogP contribution in [0.4, 0.5) is 5.69 Å². The number of nitrogens with zero attached hydrogens (tertiary/aromatic N) is 2. The van der Waals surface area contributed by atoms with Crippen LogP contribution in [0.3, 0.4) is 0 Å². The van der Waals surface area contributed by atoms with Gasteiger partial charge in [-0.25, -0.2) is 8.42 Å². The number of amides is 1. The van der Waals surface area contributed by atoms with Crippen molar-refractivity contribution < 1.29 is 17.9 Å². The predicted molar refractivity (Wildman–Crippen MR) is 131 cm³/mol. The molecule has 0 aliphatic carbocycles. The highest BCUT2D eigenvalue weighted by atomic mass is 35.5. The summed E-state index contributed by atoms with van der Waals surface area (Å²) in [4.78, 5) is 14.7. The van der Waals surface area contributed by atoms with E-state index in [-0.39, 0.29) is 17.2 Å². The van der Waals surface area contributed by atoms with Crippen LogP contribution in [0.25, 0.3) is 0 Å². The van der Waals surface area contributed by atoms with Gasteiger partial charge in [0.2, 0.25) is 15.9 Å². The molecular weight excluding hydrogens is 462 g/mol. The van der Waals surface area contributed by atoms with Gasteiger partial charge >= 0.3 is 0 Å². The molecule has 1 N–H and O–H groups in total. The maximum absolute atomic E-state index is 12.8. The van der Waals surface area contributed by atoms with Crippen LogP contribution in [0.5, 0.6) is 5.75 Å². The van der Waals surface area contributed by atoms with Gasteiger partial charge in [-0.3, -0.25) is 4.79 Å². The van der Waals surface area contributed by atoms with E-state index in [2.05, 4.69) is 10.2 Å². The minimum absolute atomic E-state index is 0.148. The molecule has 0 unspecified atom stereocenters. The Hall–Kier alpha value is -2.13. The zero-order valence-corrected chi connectivity index (χ0v) is 20.8. The van der Waals surface area contributed by atoms with Gasteiger partial charge in [0.1, 0.15) is 5.75 Å². The molecule has 1 aliphatic heterocycles. The molecular formula is C24H32ClN3O4S. The molecule has 1 aliphatic rings. The van der Waals surface area contributed by atoms with Crippen molar-refractivity contribution in [3.8, 4) is 5.75 Å². The number of halogens is 1. The van der Waals surface area contributed by atoms with Gasteiger partial charge < -0.3 is 15.0 Å².